The molecular formula is C15H25NO3. The Hall–Kier alpha value is -1.06. The van der Waals surface area contributed by atoms with Crippen molar-refractivity contribution in [3.8, 4) is 0 Å². The Balaban J connectivity index is 1.84. The van der Waals surface area contributed by atoms with Crippen molar-refractivity contribution < 1.29 is 14.7 Å². The molecule has 1 N–H and O–H groups in total. The van der Waals surface area contributed by atoms with Gasteiger partial charge in [-0.3, -0.25) is 9.59 Å². The quantitative estimate of drug-likeness (QED) is 0.832. The highest BCUT2D eigenvalue weighted by Crippen LogP contribution is 2.55. The van der Waals surface area contributed by atoms with E-state index in [1.165, 1.54) is 0 Å². The van der Waals surface area contributed by atoms with E-state index in [0.29, 0.717) is 18.2 Å². The summed E-state index contributed by atoms with van der Waals surface area (Å²) >= 11 is 0. The van der Waals surface area contributed by atoms with E-state index < -0.39 is 5.97 Å². The summed E-state index contributed by atoms with van der Waals surface area (Å²) in [7, 11) is 0. The molecule has 4 nitrogen and oxygen atoms in total. The number of carboxylic acid groups (broad SMARTS) is 1. The second kappa shape index (κ2) is 5.51. The fraction of sp³-hybridized carbons (Fsp3) is 0.867. The standard InChI is InChI=1S/C15H25NO3/c1-3-15(2)9-12(15)14(19)16-8-4-5-11(10-16)6-7-13(17)18/h11-12H,3-10H2,1-2H3,(H,17,18). The number of hydrogen-bond donors (Lipinski definition) is 1. The van der Waals surface area contributed by atoms with Gasteiger partial charge in [0, 0.05) is 25.4 Å². The van der Waals surface area contributed by atoms with Gasteiger partial charge in [0.05, 0.1) is 0 Å². The molecule has 2 fully saturated rings. The molecule has 0 radical (unpaired) electrons. The van der Waals surface area contributed by atoms with Crippen molar-refractivity contribution in [1.29, 1.82) is 0 Å². The van der Waals surface area contributed by atoms with E-state index >= 15 is 0 Å². The number of carbonyl (C=O) groups excluding carboxylic acids is 1. The summed E-state index contributed by atoms with van der Waals surface area (Å²) < 4.78 is 0. The van der Waals surface area contributed by atoms with E-state index in [0.717, 1.165) is 38.8 Å². The van der Waals surface area contributed by atoms with Gasteiger partial charge >= 0.3 is 5.97 Å². The molecule has 0 aromatic rings. The molecule has 3 atom stereocenters. The lowest BCUT2D eigenvalue weighted by molar-refractivity contribution is -0.137. The Kier molecular flexibility index (Phi) is 4.16. The Morgan fingerprint density at radius 1 is 1.42 bits per heavy atom. The lowest BCUT2D eigenvalue weighted by Gasteiger charge is -2.33. The van der Waals surface area contributed by atoms with Gasteiger partial charge in [-0.25, -0.2) is 0 Å². The van der Waals surface area contributed by atoms with Crippen LogP contribution >= 0.6 is 0 Å². The average Bonchev–Trinajstić information content (AvgIpc) is 3.09. The maximum absolute atomic E-state index is 12.4. The van der Waals surface area contributed by atoms with E-state index in [9.17, 15) is 9.59 Å². The second-order valence-electron chi connectivity index (χ2n) is 6.49. The summed E-state index contributed by atoms with van der Waals surface area (Å²) in [6.45, 7) is 5.97. The Morgan fingerprint density at radius 3 is 2.74 bits per heavy atom. The molecule has 1 saturated carbocycles. The van der Waals surface area contributed by atoms with Gasteiger partial charge in [0.1, 0.15) is 0 Å². The highest BCUT2D eigenvalue weighted by atomic mass is 16.4. The number of piperidine rings is 1. The van der Waals surface area contributed by atoms with Crippen LogP contribution in [0.2, 0.25) is 0 Å². The smallest absolute Gasteiger partial charge is 0.303 e. The Labute approximate surface area is 115 Å². The van der Waals surface area contributed by atoms with Crippen LogP contribution in [-0.2, 0) is 9.59 Å². The highest BCUT2D eigenvalue weighted by Gasteiger charge is 2.54. The van der Waals surface area contributed by atoms with Crippen LogP contribution in [0.15, 0.2) is 0 Å². The van der Waals surface area contributed by atoms with Crippen LogP contribution in [0.4, 0.5) is 0 Å². The third-order valence-corrected chi connectivity index (χ3v) is 5.05. The maximum Gasteiger partial charge on any atom is 0.303 e. The van der Waals surface area contributed by atoms with Crippen molar-refractivity contribution in [1.82, 2.24) is 4.90 Å². The molecule has 0 bridgehead atoms. The van der Waals surface area contributed by atoms with Crippen molar-refractivity contribution in [3.05, 3.63) is 0 Å². The van der Waals surface area contributed by atoms with Gasteiger partial charge in [0.2, 0.25) is 5.91 Å². The van der Waals surface area contributed by atoms with Gasteiger partial charge in [-0.2, -0.15) is 0 Å². The van der Waals surface area contributed by atoms with Gasteiger partial charge in [-0.1, -0.05) is 13.8 Å². The normalized spacial score (nSPS) is 34.1. The molecule has 1 heterocycles. The largest absolute Gasteiger partial charge is 0.481 e. The fourth-order valence-electron chi connectivity index (χ4n) is 3.23. The summed E-state index contributed by atoms with van der Waals surface area (Å²) in [4.78, 5) is 25.0. The number of rotatable bonds is 5. The van der Waals surface area contributed by atoms with E-state index in [4.69, 9.17) is 5.11 Å². The van der Waals surface area contributed by atoms with E-state index in [-0.39, 0.29) is 17.8 Å². The van der Waals surface area contributed by atoms with Crippen LogP contribution in [0.3, 0.4) is 0 Å². The molecule has 0 spiro atoms. The van der Waals surface area contributed by atoms with Crippen LogP contribution in [-0.4, -0.2) is 35.0 Å². The number of carboxylic acids is 1. The first-order valence-electron chi connectivity index (χ1n) is 7.47. The molecule has 0 aromatic heterocycles. The third kappa shape index (κ3) is 3.28. The predicted octanol–water partition coefficient (Wildman–Crippen LogP) is 2.53. The summed E-state index contributed by atoms with van der Waals surface area (Å²) in [5.74, 6) is 0.171. The number of aliphatic carboxylic acids is 1. The lowest BCUT2D eigenvalue weighted by atomic mass is 9.92. The summed E-state index contributed by atoms with van der Waals surface area (Å²) in [6.07, 6.45) is 5.11. The van der Waals surface area contributed by atoms with Crippen LogP contribution < -0.4 is 0 Å². The molecule has 1 saturated heterocycles. The van der Waals surface area contributed by atoms with Crippen LogP contribution in [0.25, 0.3) is 0 Å². The molecule has 1 aliphatic heterocycles. The van der Waals surface area contributed by atoms with Crippen molar-refractivity contribution in [2.75, 3.05) is 13.1 Å². The first-order valence-corrected chi connectivity index (χ1v) is 7.47. The number of carbonyl (C=O) groups is 2. The number of nitrogens with zero attached hydrogens (tertiary/aromatic N) is 1. The molecule has 108 valence electrons. The van der Waals surface area contributed by atoms with Gasteiger partial charge < -0.3 is 10.0 Å². The number of hydrogen-bond acceptors (Lipinski definition) is 2. The molecule has 4 heteroatoms. The Bertz CT molecular complexity index is 368. The molecular weight excluding hydrogens is 242 g/mol. The molecule has 0 aromatic carbocycles. The summed E-state index contributed by atoms with van der Waals surface area (Å²) in [5.41, 5.74) is 0.227. The SMILES string of the molecule is CCC1(C)CC1C(=O)N1CCCC(CCC(=O)O)C1. The van der Waals surface area contributed by atoms with Crippen molar-refractivity contribution >= 4 is 11.9 Å². The molecule has 2 rings (SSSR count). The number of likely N-dealkylation sites (tertiary alicyclic amines) is 1. The zero-order valence-electron chi connectivity index (χ0n) is 12.0. The Morgan fingerprint density at radius 2 is 2.16 bits per heavy atom. The van der Waals surface area contributed by atoms with Crippen molar-refractivity contribution in [3.63, 3.8) is 0 Å². The number of amides is 1. The summed E-state index contributed by atoms with van der Waals surface area (Å²) in [5, 5.41) is 8.74. The molecule has 1 amide bonds. The predicted molar refractivity (Wildman–Crippen MR) is 72.7 cm³/mol. The topological polar surface area (TPSA) is 57.6 Å². The van der Waals surface area contributed by atoms with Gasteiger partial charge in [0.15, 0.2) is 0 Å². The summed E-state index contributed by atoms with van der Waals surface area (Å²) in [6, 6.07) is 0. The lowest BCUT2D eigenvalue weighted by Crippen LogP contribution is -2.41. The second-order valence-corrected chi connectivity index (χ2v) is 6.49. The van der Waals surface area contributed by atoms with E-state index in [2.05, 4.69) is 13.8 Å². The van der Waals surface area contributed by atoms with Gasteiger partial charge in [-0.05, 0) is 43.4 Å². The van der Waals surface area contributed by atoms with Gasteiger partial charge in [0.25, 0.3) is 0 Å². The zero-order chi connectivity index (χ0) is 14.0. The minimum atomic E-state index is -0.732. The fourth-order valence-corrected chi connectivity index (χ4v) is 3.23. The van der Waals surface area contributed by atoms with Crippen LogP contribution in [0.1, 0.15) is 52.4 Å². The van der Waals surface area contributed by atoms with E-state index in [1.54, 1.807) is 0 Å². The zero-order valence-corrected chi connectivity index (χ0v) is 12.0. The molecule has 3 unspecified atom stereocenters. The first-order chi connectivity index (χ1) is 8.96. The average molecular weight is 267 g/mol. The molecule has 1 aliphatic carbocycles. The molecule has 19 heavy (non-hydrogen) atoms. The van der Waals surface area contributed by atoms with Crippen LogP contribution in [0.5, 0.6) is 0 Å². The molecule has 2 aliphatic rings. The van der Waals surface area contributed by atoms with Crippen molar-refractivity contribution in [2.24, 2.45) is 17.3 Å². The van der Waals surface area contributed by atoms with Crippen LogP contribution in [0, 0.1) is 17.3 Å². The highest BCUT2D eigenvalue weighted by molar-refractivity contribution is 5.82. The first kappa shape index (κ1) is 14.4. The van der Waals surface area contributed by atoms with Crippen molar-refractivity contribution in [2.45, 2.75) is 52.4 Å². The van der Waals surface area contributed by atoms with Gasteiger partial charge in [-0.15, -0.1) is 0 Å². The van der Waals surface area contributed by atoms with E-state index in [1.807, 2.05) is 4.90 Å². The minimum absolute atomic E-state index is 0.218. The monoisotopic (exact) mass is 267 g/mol. The maximum atomic E-state index is 12.4. The third-order valence-electron chi connectivity index (χ3n) is 5.05. The minimum Gasteiger partial charge on any atom is -0.481 e.